The summed E-state index contributed by atoms with van der Waals surface area (Å²) in [5.41, 5.74) is 6.81. The van der Waals surface area contributed by atoms with Crippen LogP contribution in [0.1, 0.15) is 29.7 Å². The van der Waals surface area contributed by atoms with Crippen LogP contribution >= 0.6 is 0 Å². The highest BCUT2D eigenvalue weighted by atomic mass is 15.4. The Bertz CT molecular complexity index is 750. The van der Waals surface area contributed by atoms with Gasteiger partial charge in [0.05, 0.1) is 5.69 Å². The molecule has 2 aromatic rings. The van der Waals surface area contributed by atoms with Gasteiger partial charge in [0.25, 0.3) is 0 Å². The number of hydrazone groups is 1. The number of benzene rings is 1. The average Bonchev–Trinajstić information content (AvgIpc) is 2.61. The van der Waals surface area contributed by atoms with Crippen molar-refractivity contribution in [1.29, 1.82) is 0 Å². The van der Waals surface area contributed by atoms with Gasteiger partial charge in [-0.15, -0.1) is 0 Å². The van der Waals surface area contributed by atoms with Gasteiger partial charge in [0, 0.05) is 38.0 Å². The number of rotatable bonds is 3. The van der Waals surface area contributed by atoms with Crippen LogP contribution in [-0.4, -0.2) is 26.4 Å². The van der Waals surface area contributed by atoms with Gasteiger partial charge in [-0.05, 0) is 55.0 Å². The second-order valence-electron chi connectivity index (χ2n) is 6.81. The minimum atomic E-state index is 1.09. The lowest BCUT2D eigenvalue weighted by Crippen LogP contribution is -2.34. The third-order valence-electron chi connectivity index (χ3n) is 5.15. The predicted octanol–water partition coefficient (Wildman–Crippen LogP) is 2.68. The zero-order valence-electron chi connectivity index (χ0n) is 14.6. The normalized spacial score (nSPS) is 16.3. The van der Waals surface area contributed by atoms with Gasteiger partial charge in [-0.25, -0.2) is 4.57 Å². The Hall–Kier alpha value is -2.36. The van der Waals surface area contributed by atoms with E-state index >= 15 is 0 Å². The van der Waals surface area contributed by atoms with Crippen LogP contribution in [0, 0.1) is 0 Å². The van der Waals surface area contributed by atoms with Crippen LogP contribution in [0.15, 0.2) is 41.6 Å². The molecular formula is C20H25N4+. The molecule has 0 aliphatic carbocycles. The van der Waals surface area contributed by atoms with Gasteiger partial charge in [-0.2, -0.15) is 5.10 Å². The van der Waals surface area contributed by atoms with E-state index in [1.807, 2.05) is 43.6 Å². The van der Waals surface area contributed by atoms with Crippen LogP contribution in [0.5, 0.6) is 0 Å². The fourth-order valence-electron chi connectivity index (χ4n) is 3.86. The Morgan fingerprint density at radius 1 is 1.12 bits per heavy atom. The smallest absolute Gasteiger partial charge is 0.225 e. The summed E-state index contributed by atoms with van der Waals surface area (Å²) in [7, 11) is 4.08. The fourth-order valence-corrected chi connectivity index (χ4v) is 3.86. The van der Waals surface area contributed by atoms with Gasteiger partial charge >= 0.3 is 0 Å². The van der Waals surface area contributed by atoms with Gasteiger partial charge < -0.3 is 4.90 Å². The zero-order valence-corrected chi connectivity index (χ0v) is 14.6. The number of pyridine rings is 1. The minimum Gasteiger partial charge on any atom is -0.371 e. The Labute approximate surface area is 144 Å². The molecule has 24 heavy (non-hydrogen) atoms. The van der Waals surface area contributed by atoms with E-state index in [1.165, 1.54) is 61.3 Å². The van der Waals surface area contributed by atoms with E-state index in [-0.39, 0.29) is 0 Å². The Kier molecular flexibility index (Phi) is 3.97. The molecule has 0 saturated carbocycles. The molecule has 1 aromatic carbocycles. The molecule has 0 N–H and O–H groups in total. The Morgan fingerprint density at radius 2 is 1.83 bits per heavy atom. The van der Waals surface area contributed by atoms with Crippen molar-refractivity contribution in [3.05, 3.63) is 53.3 Å². The second-order valence-corrected chi connectivity index (χ2v) is 6.81. The van der Waals surface area contributed by atoms with Gasteiger partial charge in [0.2, 0.25) is 5.69 Å². The highest BCUT2D eigenvalue weighted by Crippen LogP contribution is 2.38. The monoisotopic (exact) mass is 321 g/mol. The molecule has 1 aromatic heterocycles. The van der Waals surface area contributed by atoms with Crippen LogP contribution in [-0.2, 0) is 19.9 Å². The minimum absolute atomic E-state index is 1.09. The van der Waals surface area contributed by atoms with Crippen molar-refractivity contribution in [1.82, 2.24) is 0 Å². The first-order chi connectivity index (χ1) is 11.7. The summed E-state index contributed by atoms with van der Waals surface area (Å²) in [4.78, 5) is 2.58. The molecule has 0 fully saturated rings. The lowest BCUT2D eigenvalue weighted by Gasteiger charge is -2.37. The average molecular weight is 321 g/mol. The molecule has 0 atom stereocenters. The van der Waals surface area contributed by atoms with Crippen LogP contribution in [0.4, 0.5) is 11.4 Å². The maximum absolute atomic E-state index is 4.66. The maximum atomic E-state index is 4.66. The summed E-state index contributed by atoms with van der Waals surface area (Å²) in [5, 5.41) is 6.66. The van der Waals surface area contributed by atoms with Gasteiger partial charge in [-0.3, -0.25) is 5.01 Å². The van der Waals surface area contributed by atoms with Crippen LogP contribution in [0.3, 0.4) is 0 Å². The van der Waals surface area contributed by atoms with Crippen molar-refractivity contribution in [2.24, 2.45) is 12.1 Å². The molecule has 0 amide bonds. The van der Waals surface area contributed by atoms with Crippen LogP contribution < -0.4 is 14.5 Å². The number of hydrogen-bond acceptors (Lipinski definition) is 3. The summed E-state index contributed by atoms with van der Waals surface area (Å²) < 4.78 is 2.08. The van der Waals surface area contributed by atoms with Crippen LogP contribution in [0.25, 0.3) is 0 Å². The van der Waals surface area contributed by atoms with Gasteiger partial charge in [-0.1, -0.05) is 0 Å². The second kappa shape index (κ2) is 6.27. The molecule has 4 heteroatoms. The Balaban J connectivity index is 1.64. The van der Waals surface area contributed by atoms with Crippen molar-refractivity contribution in [3.63, 3.8) is 0 Å². The van der Waals surface area contributed by atoms with Crippen molar-refractivity contribution < 1.29 is 4.57 Å². The third kappa shape index (κ3) is 2.77. The number of aryl methyl sites for hydroxylation is 3. The summed E-state index contributed by atoms with van der Waals surface area (Å²) >= 11 is 0. The van der Waals surface area contributed by atoms with E-state index in [0.717, 1.165) is 5.69 Å². The van der Waals surface area contributed by atoms with Crippen LogP contribution in [0.2, 0.25) is 0 Å². The van der Waals surface area contributed by atoms with E-state index < -0.39 is 0 Å². The molecule has 3 heterocycles. The molecule has 0 unspecified atom stereocenters. The lowest BCUT2D eigenvalue weighted by molar-refractivity contribution is -0.672. The summed E-state index contributed by atoms with van der Waals surface area (Å²) in [6, 6.07) is 10.8. The van der Waals surface area contributed by atoms with Crippen molar-refractivity contribution in [3.8, 4) is 0 Å². The lowest BCUT2D eigenvalue weighted by atomic mass is 9.91. The summed E-state index contributed by atoms with van der Waals surface area (Å²) in [6.07, 6.45) is 8.89. The predicted molar refractivity (Wildman–Crippen MR) is 98.9 cm³/mol. The van der Waals surface area contributed by atoms with E-state index in [4.69, 9.17) is 0 Å². The first kappa shape index (κ1) is 15.2. The van der Waals surface area contributed by atoms with Crippen molar-refractivity contribution in [2.45, 2.75) is 25.7 Å². The molecular weight excluding hydrogens is 296 g/mol. The quantitative estimate of drug-likeness (QED) is 0.493. The Morgan fingerprint density at radius 3 is 2.50 bits per heavy atom. The van der Waals surface area contributed by atoms with E-state index in [2.05, 4.69) is 32.8 Å². The van der Waals surface area contributed by atoms with Crippen molar-refractivity contribution in [2.75, 3.05) is 30.0 Å². The van der Waals surface area contributed by atoms with Gasteiger partial charge in [0.1, 0.15) is 13.3 Å². The van der Waals surface area contributed by atoms with E-state index in [9.17, 15) is 0 Å². The van der Waals surface area contributed by atoms with E-state index in [0.29, 0.717) is 0 Å². The number of hydrogen-bond donors (Lipinski definition) is 0. The third-order valence-corrected chi connectivity index (χ3v) is 5.15. The molecule has 4 nitrogen and oxygen atoms in total. The molecule has 0 bridgehead atoms. The standard InChI is InChI=1S/C20H25N4/c1-22-10-4-3-9-18(22)15-21-23(2)19-13-16-7-5-11-24-12-6-8-17(14-19)20(16)24/h3-4,9-10,13-15H,5-8,11-12H2,1-2H3/q+1. The summed E-state index contributed by atoms with van der Waals surface area (Å²) in [6.45, 7) is 2.44. The molecule has 124 valence electrons. The molecule has 0 spiro atoms. The number of anilines is 2. The summed E-state index contributed by atoms with van der Waals surface area (Å²) in [5.74, 6) is 0. The van der Waals surface area contributed by atoms with Crippen molar-refractivity contribution >= 4 is 17.6 Å². The highest BCUT2D eigenvalue weighted by Gasteiger charge is 2.24. The molecule has 0 saturated heterocycles. The van der Waals surface area contributed by atoms with Gasteiger partial charge in [0.15, 0.2) is 6.20 Å². The first-order valence-electron chi connectivity index (χ1n) is 8.85. The maximum Gasteiger partial charge on any atom is 0.225 e. The molecule has 2 aliphatic rings. The highest BCUT2D eigenvalue weighted by molar-refractivity contribution is 5.76. The largest absolute Gasteiger partial charge is 0.371 e. The molecule has 4 rings (SSSR count). The fraction of sp³-hybridized carbons (Fsp3) is 0.400. The molecule has 0 radical (unpaired) electrons. The number of nitrogens with zero attached hydrogens (tertiary/aromatic N) is 4. The topological polar surface area (TPSA) is 22.7 Å². The first-order valence-corrected chi connectivity index (χ1v) is 8.85. The van der Waals surface area contributed by atoms with E-state index in [1.54, 1.807) is 0 Å². The number of aromatic nitrogens is 1. The zero-order chi connectivity index (χ0) is 16.5. The SMILES string of the molecule is CN(/N=C/c1cccc[n+]1C)c1cc2c3c(c1)CCCN3CCC2. The molecule has 2 aliphatic heterocycles.